The van der Waals surface area contributed by atoms with E-state index in [1.807, 2.05) is 20.8 Å². The van der Waals surface area contributed by atoms with Gasteiger partial charge in [0.2, 0.25) is 5.91 Å². The molecule has 0 atom stereocenters. The Morgan fingerprint density at radius 1 is 1.41 bits per heavy atom. The van der Waals surface area contributed by atoms with Crippen LogP contribution in [0.15, 0.2) is 18.2 Å². The van der Waals surface area contributed by atoms with Gasteiger partial charge in [0.1, 0.15) is 11.5 Å². The molecule has 0 heterocycles. The van der Waals surface area contributed by atoms with Crippen molar-refractivity contribution >= 4 is 5.91 Å². The first-order valence-electron chi connectivity index (χ1n) is 5.49. The van der Waals surface area contributed by atoms with Crippen molar-refractivity contribution in [3.63, 3.8) is 0 Å². The summed E-state index contributed by atoms with van der Waals surface area (Å²) in [6.07, 6.45) is 0.189. The van der Waals surface area contributed by atoms with Crippen molar-refractivity contribution in [3.8, 4) is 11.5 Å². The Bertz CT molecular complexity index is 408. The number of ether oxygens (including phenoxy) is 1. The molecule has 0 aliphatic heterocycles. The lowest BCUT2D eigenvalue weighted by Crippen LogP contribution is -2.41. The van der Waals surface area contributed by atoms with E-state index in [0.29, 0.717) is 11.3 Å². The van der Waals surface area contributed by atoms with Crippen LogP contribution >= 0.6 is 0 Å². The van der Waals surface area contributed by atoms with Gasteiger partial charge in [0.05, 0.1) is 13.5 Å². The van der Waals surface area contributed by atoms with Gasteiger partial charge in [-0.3, -0.25) is 4.79 Å². The highest BCUT2D eigenvalue weighted by Crippen LogP contribution is 2.23. The lowest BCUT2D eigenvalue weighted by molar-refractivity contribution is -0.121. The van der Waals surface area contributed by atoms with Crippen LogP contribution in [0.1, 0.15) is 26.3 Å². The number of carbonyl (C=O) groups excluding carboxylic acids is 1. The van der Waals surface area contributed by atoms with Gasteiger partial charge in [-0.2, -0.15) is 0 Å². The van der Waals surface area contributed by atoms with Gasteiger partial charge in [-0.25, -0.2) is 0 Å². The predicted molar refractivity (Wildman–Crippen MR) is 66.3 cm³/mol. The third-order valence-electron chi connectivity index (χ3n) is 2.13. The minimum atomic E-state index is -0.263. The van der Waals surface area contributed by atoms with Gasteiger partial charge in [-0.15, -0.1) is 0 Å². The minimum absolute atomic E-state index is 0.0959. The monoisotopic (exact) mass is 237 g/mol. The lowest BCUT2D eigenvalue weighted by Gasteiger charge is -2.20. The topological polar surface area (TPSA) is 58.6 Å². The van der Waals surface area contributed by atoms with E-state index in [-0.39, 0.29) is 23.6 Å². The predicted octanol–water partition coefficient (Wildman–Crippen LogP) is 1.86. The Balaban J connectivity index is 2.80. The highest BCUT2D eigenvalue weighted by molar-refractivity contribution is 5.80. The molecule has 17 heavy (non-hydrogen) atoms. The zero-order valence-corrected chi connectivity index (χ0v) is 10.7. The first kappa shape index (κ1) is 13.4. The van der Waals surface area contributed by atoms with Crippen molar-refractivity contribution in [3.05, 3.63) is 23.8 Å². The maximum atomic E-state index is 11.8. The molecular weight excluding hydrogens is 218 g/mol. The fourth-order valence-corrected chi connectivity index (χ4v) is 1.54. The fraction of sp³-hybridized carbons (Fsp3) is 0.462. The number of hydrogen-bond acceptors (Lipinski definition) is 3. The molecule has 1 aromatic carbocycles. The normalized spacial score (nSPS) is 11.1. The number of hydrogen-bond donors (Lipinski definition) is 2. The molecule has 0 aromatic heterocycles. The van der Waals surface area contributed by atoms with E-state index in [0.717, 1.165) is 0 Å². The number of phenols is 1. The number of nitrogens with one attached hydrogen (secondary N) is 1. The molecule has 0 unspecified atom stereocenters. The molecule has 94 valence electrons. The number of methoxy groups -OCH3 is 1. The number of carbonyl (C=O) groups is 1. The molecule has 0 radical (unpaired) electrons. The Hall–Kier alpha value is -1.71. The van der Waals surface area contributed by atoms with Crippen molar-refractivity contribution in [2.45, 2.75) is 32.7 Å². The highest BCUT2D eigenvalue weighted by atomic mass is 16.5. The van der Waals surface area contributed by atoms with E-state index in [2.05, 4.69) is 5.32 Å². The number of amides is 1. The average Bonchev–Trinajstić information content (AvgIpc) is 2.14. The lowest BCUT2D eigenvalue weighted by atomic mass is 10.1. The summed E-state index contributed by atoms with van der Waals surface area (Å²) in [5.41, 5.74) is 0.412. The number of phenolic OH excluding ortho intramolecular Hbond substituents is 1. The average molecular weight is 237 g/mol. The summed E-state index contributed by atoms with van der Waals surface area (Å²) in [6, 6.07) is 4.72. The number of rotatable bonds is 3. The molecule has 0 aliphatic carbocycles. The van der Waals surface area contributed by atoms with Crippen LogP contribution < -0.4 is 10.1 Å². The molecule has 2 N–H and O–H groups in total. The van der Waals surface area contributed by atoms with Gasteiger partial charge in [0, 0.05) is 11.1 Å². The third-order valence-corrected chi connectivity index (χ3v) is 2.13. The maximum Gasteiger partial charge on any atom is 0.224 e. The van der Waals surface area contributed by atoms with Crippen molar-refractivity contribution in [1.82, 2.24) is 5.32 Å². The summed E-state index contributed by atoms with van der Waals surface area (Å²) in [4.78, 5) is 11.8. The Labute approximate surface area is 102 Å². The second kappa shape index (κ2) is 5.08. The van der Waals surface area contributed by atoms with Gasteiger partial charge in [-0.1, -0.05) is 0 Å². The molecule has 0 saturated carbocycles. The van der Waals surface area contributed by atoms with E-state index in [9.17, 15) is 9.90 Å². The molecular formula is C13H19NO3. The van der Waals surface area contributed by atoms with Crippen molar-refractivity contribution in [2.75, 3.05) is 7.11 Å². The molecule has 1 aromatic rings. The number of benzene rings is 1. The Morgan fingerprint density at radius 3 is 2.59 bits per heavy atom. The van der Waals surface area contributed by atoms with Gasteiger partial charge in [-0.05, 0) is 39.0 Å². The van der Waals surface area contributed by atoms with Crippen LogP contribution in [0.5, 0.6) is 11.5 Å². The molecule has 0 fully saturated rings. The fourth-order valence-electron chi connectivity index (χ4n) is 1.54. The largest absolute Gasteiger partial charge is 0.508 e. The van der Waals surface area contributed by atoms with Crippen molar-refractivity contribution in [2.24, 2.45) is 0 Å². The molecule has 0 aliphatic rings. The van der Waals surface area contributed by atoms with Crippen molar-refractivity contribution in [1.29, 1.82) is 0 Å². The van der Waals surface area contributed by atoms with Crippen LogP contribution in [-0.2, 0) is 11.2 Å². The van der Waals surface area contributed by atoms with Crippen molar-refractivity contribution < 1.29 is 14.6 Å². The van der Waals surface area contributed by atoms with E-state index < -0.39 is 0 Å². The van der Waals surface area contributed by atoms with Gasteiger partial charge in [0.15, 0.2) is 0 Å². The summed E-state index contributed by atoms with van der Waals surface area (Å²) >= 11 is 0. The quantitative estimate of drug-likeness (QED) is 0.843. The standard InChI is InChI=1S/C13H19NO3/c1-13(2,3)14-12(16)8-9-7-10(15)5-6-11(9)17-4/h5-7,15H,8H2,1-4H3,(H,14,16). The highest BCUT2D eigenvalue weighted by Gasteiger charge is 2.15. The SMILES string of the molecule is COc1ccc(O)cc1CC(=O)NC(C)(C)C. The molecule has 1 amide bonds. The molecule has 4 heteroatoms. The minimum Gasteiger partial charge on any atom is -0.508 e. The van der Waals surface area contributed by atoms with Crippen LogP contribution in [-0.4, -0.2) is 23.7 Å². The van der Waals surface area contributed by atoms with Crippen LogP contribution in [0.3, 0.4) is 0 Å². The molecule has 1 rings (SSSR count). The van der Waals surface area contributed by atoms with Gasteiger partial charge in [0.25, 0.3) is 0 Å². The zero-order chi connectivity index (χ0) is 13.1. The second-order valence-electron chi connectivity index (χ2n) is 4.97. The maximum absolute atomic E-state index is 11.8. The summed E-state index contributed by atoms with van der Waals surface area (Å²) < 4.78 is 5.14. The van der Waals surface area contributed by atoms with Gasteiger partial charge >= 0.3 is 0 Å². The van der Waals surface area contributed by atoms with E-state index in [1.165, 1.54) is 13.2 Å². The number of aromatic hydroxyl groups is 1. The van der Waals surface area contributed by atoms with E-state index in [1.54, 1.807) is 12.1 Å². The summed E-state index contributed by atoms with van der Waals surface area (Å²) in [7, 11) is 1.54. The first-order chi connectivity index (χ1) is 7.81. The molecule has 0 saturated heterocycles. The smallest absolute Gasteiger partial charge is 0.224 e. The zero-order valence-electron chi connectivity index (χ0n) is 10.7. The van der Waals surface area contributed by atoms with Crippen LogP contribution in [0, 0.1) is 0 Å². The third kappa shape index (κ3) is 4.34. The molecule has 4 nitrogen and oxygen atoms in total. The van der Waals surface area contributed by atoms with Crippen LogP contribution in [0.25, 0.3) is 0 Å². The Kier molecular flexibility index (Phi) is 3.99. The molecule has 0 bridgehead atoms. The van der Waals surface area contributed by atoms with E-state index >= 15 is 0 Å². The van der Waals surface area contributed by atoms with Crippen LogP contribution in [0.4, 0.5) is 0 Å². The van der Waals surface area contributed by atoms with Gasteiger partial charge < -0.3 is 15.2 Å². The summed E-state index contributed by atoms with van der Waals surface area (Å²) in [5.74, 6) is 0.637. The Morgan fingerprint density at radius 2 is 2.06 bits per heavy atom. The second-order valence-corrected chi connectivity index (χ2v) is 4.97. The van der Waals surface area contributed by atoms with E-state index in [4.69, 9.17) is 4.74 Å². The summed E-state index contributed by atoms with van der Waals surface area (Å²) in [5, 5.41) is 12.3. The summed E-state index contributed by atoms with van der Waals surface area (Å²) in [6.45, 7) is 5.76. The van der Waals surface area contributed by atoms with Crippen LogP contribution in [0.2, 0.25) is 0 Å². The first-order valence-corrected chi connectivity index (χ1v) is 5.49. The molecule has 0 spiro atoms.